The highest BCUT2D eigenvalue weighted by Crippen LogP contribution is 2.36. The Bertz CT molecular complexity index is 504. The van der Waals surface area contributed by atoms with Crippen molar-refractivity contribution in [3.8, 4) is 0 Å². The topological polar surface area (TPSA) is 66.8 Å². The number of nitrogens with zero attached hydrogens (tertiary/aromatic N) is 1. The highest BCUT2D eigenvalue weighted by molar-refractivity contribution is 6.18. The average Bonchev–Trinajstić information content (AvgIpc) is 2.50. The van der Waals surface area contributed by atoms with Gasteiger partial charge in [-0.1, -0.05) is 18.2 Å². The number of imide groups is 1. The lowest BCUT2D eigenvalue weighted by molar-refractivity contribution is -0.125. The molecule has 96 valence electrons. The maximum absolute atomic E-state index is 12.0. The highest BCUT2D eigenvalue weighted by atomic mass is 16.6. The van der Waals surface area contributed by atoms with Crippen LogP contribution < -0.4 is 4.90 Å². The summed E-state index contributed by atoms with van der Waals surface area (Å²) in [5.74, 6) is -0.676. The number of benzene rings is 1. The molecule has 18 heavy (non-hydrogen) atoms. The zero-order valence-corrected chi connectivity index (χ0v) is 10.5. The summed E-state index contributed by atoms with van der Waals surface area (Å²) >= 11 is 0. The van der Waals surface area contributed by atoms with Crippen LogP contribution >= 0.6 is 0 Å². The number of aliphatic hydroxyl groups excluding tert-OH is 1. The Morgan fingerprint density at radius 1 is 1.33 bits per heavy atom. The number of ether oxygens (including phenoxy) is 1. The molecule has 0 bridgehead atoms. The first-order valence-corrected chi connectivity index (χ1v) is 5.65. The van der Waals surface area contributed by atoms with E-state index in [9.17, 15) is 14.7 Å². The molecule has 0 fully saturated rings. The van der Waals surface area contributed by atoms with Crippen molar-refractivity contribution in [1.29, 1.82) is 0 Å². The Hall–Kier alpha value is -1.88. The van der Waals surface area contributed by atoms with Crippen LogP contribution in [0.15, 0.2) is 24.3 Å². The van der Waals surface area contributed by atoms with Crippen LogP contribution in [-0.4, -0.2) is 22.7 Å². The summed E-state index contributed by atoms with van der Waals surface area (Å²) in [5.41, 5.74) is 0.109. The Morgan fingerprint density at radius 3 is 2.56 bits per heavy atom. The van der Waals surface area contributed by atoms with Crippen LogP contribution in [0, 0.1) is 0 Å². The van der Waals surface area contributed by atoms with Crippen molar-refractivity contribution in [2.75, 3.05) is 4.90 Å². The third-order valence-electron chi connectivity index (χ3n) is 2.50. The van der Waals surface area contributed by atoms with Gasteiger partial charge in [-0.05, 0) is 26.8 Å². The fraction of sp³-hybridized carbons (Fsp3) is 0.385. The molecule has 5 nitrogen and oxygen atoms in total. The predicted octanol–water partition coefficient (Wildman–Crippen LogP) is 2.00. The van der Waals surface area contributed by atoms with Gasteiger partial charge in [-0.2, -0.15) is 0 Å². The van der Waals surface area contributed by atoms with Crippen molar-refractivity contribution in [3.63, 3.8) is 0 Å². The van der Waals surface area contributed by atoms with Crippen LogP contribution in [0.3, 0.4) is 0 Å². The minimum Gasteiger partial charge on any atom is -0.443 e. The smallest absolute Gasteiger partial charge is 0.421 e. The predicted molar refractivity (Wildman–Crippen MR) is 65.1 cm³/mol. The standard InChI is InChI=1S/C13H15NO4/c1-13(2,3)18-12(17)14-9-7-5-4-6-8(9)10(15)11(14)16/h4-7,10,15H,1-3H3. The Morgan fingerprint density at radius 2 is 1.94 bits per heavy atom. The molecule has 0 spiro atoms. The maximum atomic E-state index is 12.0. The molecule has 1 aromatic rings. The molecule has 1 N–H and O–H groups in total. The largest absolute Gasteiger partial charge is 0.443 e. The van der Waals surface area contributed by atoms with E-state index in [1.54, 1.807) is 45.0 Å². The molecule has 0 aliphatic carbocycles. The molecule has 1 aliphatic heterocycles. The minimum atomic E-state index is -1.30. The summed E-state index contributed by atoms with van der Waals surface area (Å²) < 4.78 is 5.15. The van der Waals surface area contributed by atoms with Crippen LogP contribution in [0.25, 0.3) is 0 Å². The highest BCUT2D eigenvalue weighted by Gasteiger charge is 2.41. The first-order valence-electron chi connectivity index (χ1n) is 5.65. The zero-order valence-electron chi connectivity index (χ0n) is 10.5. The number of rotatable bonds is 0. The van der Waals surface area contributed by atoms with Crippen molar-refractivity contribution < 1.29 is 19.4 Å². The molecule has 2 amide bonds. The van der Waals surface area contributed by atoms with Gasteiger partial charge in [0.2, 0.25) is 0 Å². The van der Waals surface area contributed by atoms with E-state index in [1.807, 2.05) is 0 Å². The number of anilines is 1. The van der Waals surface area contributed by atoms with Gasteiger partial charge in [0.25, 0.3) is 5.91 Å². The minimum absolute atomic E-state index is 0.379. The van der Waals surface area contributed by atoms with Gasteiger partial charge in [0.05, 0.1) is 5.69 Å². The number of aliphatic hydroxyl groups is 1. The van der Waals surface area contributed by atoms with Gasteiger partial charge in [-0.15, -0.1) is 0 Å². The number of fused-ring (bicyclic) bond motifs is 1. The van der Waals surface area contributed by atoms with Gasteiger partial charge in [0, 0.05) is 5.56 Å². The second-order valence-corrected chi connectivity index (χ2v) is 5.12. The molecule has 2 rings (SSSR count). The number of para-hydroxylation sites is 1. The molecule has 1 unspecified atom stereocenters. The van der Waals surface area contributed by atoms with Gasteiger partial charge in [-0.25, -0.2) is 9.69 Å². The third kappa shape index (κ3) is 2.09. The number of hydrogen-bond acceptors (Lipinski definition) is 4. The van der Waals surface area contributed by atoms with E-state index in [4.69, 9.17) is 4.74 Å². The van der Waals surface area contributed by atoms with Crippen LogP contribution in [0.5, 0.6) is 0 Å². The lowest BCUT2D eigenvalue weighted by atomic mass is 10.1. The second kappa shape index (κ2) is 4.10. The monoisotopic (exact) mass is 249 g/mol. The molecule has 1 heterocycles. The molecule has 1 atom stereocenters. The van der Waals surface area contributed by atoms with Gasteiger partial charge in [0.1, 0.15) is 5.60 Å². The quantitative estimate of drug-likeness (QED) is 0.763. The molecule has 0 radical (unpaired) electrons. The van der Waals surface area contributed by atoms with Crippen molar-refractivity contribution >= 4 is 17.7 Å². The number of hydrogen-bond donors (Lipinski definition) is 1. The van der Waals surface area contributed by atoms with Crippen molar-refractivity contribution in [2.24, 2.45) is 0 Å². The van der Waals surface area contributed by atoms with E-state index in [0.29, 0.717) is 11.3 Å². The summed E-state index contributed by atoms with van der Waals surface area (Å²) in [6.07, 6.45) is -2.06. The number of amides is 2. The van der Waals surface area contributed by atoms with Crippen molar-refractivity contribution in [2.45, 2.75) is 32.5 Å². The zero-order chi connectivity index (χ0) is 13.5. The fourth-order valence-electron chi connectivity index (χ4n) is 1.79. The fourth-order valence-corrected chi connectivity index (χ4v) is 1.79. The summed E-state index contributed by atoms with van der Waals surface area (Å²) in [4.78, 5) is 24.7. The van der Waals surface area contributed by atoms with Gasteiger partial charge in [-0.3, -0.25) is 4.79 Å². The van der Waals surface area contributed by atoms with Crippen molar-refractivity contribution in [1.82, 2.24) is 0 Å². The summed E-state index contributed by atoms with van der Waals surface area (Å²) in [7, 11) is 0. The first kappa shape index (κ1) is 12.6. The maximum Gasteiger partial charge on any atom is 0.421 e. The van der Waals surface area contributed by atoms with Crippen LogP contribution in [0.2, 0.25) is 0 Å². The molecular formula is C13H15NO4. The third-order valence-corrected chi connectivity index (χ3v) is 2.50. The molecule has 0 saturated heterocycles. The Labute approximate surface area is 105 Å². The lowest BCUT2D eigenvalue weighted by Gasteiger charge is -2.23. The van der Waals surface area contributed by atoms with E-state index in [-0.39, 0.29) is 0 Å². The number of carbonyl (C=O) groups is 2. The molecule has 1 aliphatic rings. The van der Waals surface area contributed by atoms with Crippen LogP contribution in [0.1, 0.15) is 32.4 Å². The van der Waals surface area contributed by atoms with Crippen LogP contribution in [-0.2, 0) is 9.53 Å². The van der Waals surface area contributed by atoms with E-state index in [2.05, 4.69) is 0 Å². The van der Waals surface area contributed by atoms with Crippen molar-refractivity contribution in [3.05, 3.63) is 29.8 Å². The molecule has 0 aromatic heterocycles. The Kier molecular flexibility index (Phi) is 2.86. The first-order chi connectivity index (χ1) is 8.31. The summed E-state index contributed by atoms with van der Waals surface area (Å²) in [6, 6.07) is 6.62. The SMILES string of the molecule is CC(C)(C)OC(=O)N1C(=O)C(O)c2ccccc21. The summed E-state index contributed by atoms with van der Waals surface area (Å²) in [6.45, 7) is 5.15. The van der Waals surface area contributed by atoms with Gasteiger partial charge in [0.15, 0.2) is 6.10 Å². The van der Waals surface area contributed by atoms with Gasteiger partial charge >= 0.3 is 6.09 Å². The second-order valence-electron chi connectivity index (χ2n) is 5.12. The average molecular weight is 249 g/mol. The van der Waals surface area contributed by atoms with Gasteiger partial charge < -0.3 is 9.84 Å². The molecule has 5 heteroatoms. The summed E-state index contributed by atoms with van der Waals surface area (Å²) in [5, 5.41) is 9.77. The van der Waals surface area contributed by atoms with E-state index in [0.717, 1.165) is 4.90 Å². The van der Waals surface area contributed by atoms with E-state index < -0.39 is 23.7 Å². The lowest BCUT2D eigenvalue weighted by Crippen LogP contribution is -2.39. The normalized spacial score (nSPS) is 18.8. The van der Waals surface area contributed by atoms with E-state index in [1.165, 1.54) is 0 Å². The van der Waals surface area contributed by atoms with E-state index >= 15 is 0 Å². The molecule has 1 aromatic carbocycles. The number of carbonyl (C=O) groups excluding carboxylic acids is 2. The Balaban J connectivity index is 2.35. The molecule has 0 saturated carbocycles. The van der Waals surface area contributed by atoms with Crippen LogP contribution in [0.4, 0.5) is 10.5 Å². The molecular weight excluding hydrogens is 234 g/mol.